The third-order valence-electron chi connectivity index (χ3n) is 6.04. The van der Waals surface area contributed by atoms with Gasteiger partial charge in [-0.25, -0.2) is 4.68 Å². The molecule has 1 fully saturated rings. The molecule has 2 aliphatic rings. The van der Waals surface area contributed by atoms with Gasteiger partial charge in [-0.15, -0.1) is 5.10 Å². The quantitative estimate of drug-likeness (QED) is 0.801. The first kappa shape index (κ1) is 19.7. The minimum absolute atomic E-state index is 0.0323. The van der Waals surface area contributed by atoms with E-state index in [1.807, 2.05) is 24.3 Å². The lowest BCUT2D eigenvalue weighted by atomic mass is 9.80. The van der Waals surface area contributed by atoms with Gasteiger partial charge < -0.3 is 19.7 Å². The number of nitrogens with zero attached hydrogens (tertiary/aromatic N) is 4. The van der Waals surface area contributed by atoms with E-state index in [1.165, 1.54) is 19.3 Å². The van der Waals surface area contributed by atoms with Gasteiger partial charge in [-0.3, -0.25) is 4.79 Å². The number of para-hydroxylation sites is 2. The maximum absolute atomic E-state index is 12.6. The highest BCUT2D eigenvalue weighted by molar-refractivity contribution is 5.91. The summed E-state index contributed by atoms with van der Waals surface area (Å²) in [6.07, 6.45) is 7.38. The van der Waals surface area contributed by atoms with Crippen molar-refractivity contribution in [2.45, 2.75) is 50.3 Å². The number of rotatable bonds is 6. The molecule has 1 aromatic carbocycles. The summed E-state index contributed by atoms with van der Waals surface area (Å²) >= 11 is 0. The number of amides is 1. The Labute approximate surface area is 171 Å². The van der Waals surface area contributed by atoms with Crippen molar-refractivity contribution in [2.24, 2.45) is 0 Å². The molecule has 0 bridgehead atoms. The van der Waals surface area contributed by atoms with Crippen LogP contribution < -0.4 is 14.8 Å². The van der Waals surface area contributed by atoms with Crippen LogP contribution in [0.4, 0.5) is 0 Å². The van der Waals surface area contributed by atoms with E-state index in [0.29, 0.717) is 25.4 Å². The normalized spacial score (nSPS) is 20.4. The third-order valence-corrected chi connectivity index (χ3v) is 6.04. The van der Waals surface area contributed by atoms with Gasteiger partial charge in [0.05, 0.1) is 12.7 Å². The SMILES string of the molecule is CN(C)C1(CNC(=O)c2cn(C[C@H]3COc4ccccc4O3)nn2)CCCCC1. The minimum Gasteiger partial charge on any atom is -0.486 e. The van der Waals surface area contributed by atoms with E-state index < -0.39 is 0 Å². The standard InChI is InChI=1S/C21H29N5O3/c1-25(2)21(10-6-3-7-11-21)15-22-20(27)17-13-26(24-23-17)12-16-14-28-18-8-4-5-9-19(18)29-16/h4-5,8-9,13,16H,3,6-7,10-12,14-15H2,1-2H3,(H,22,27)/t16-/m0/s1. The molecule has 1 aromatic heterocycles. The Hall–Kier alpha value is -2.61. The van der Waals surface area contributed by atoms with Crippen LogP contribution in [-0.2, 0) is 6.54 Å². The number of fused-ring (bicyclic) bond motifs is 1. The lowest BCUT2D eigenvalue weighted by molar-refractivity contribution is 0.0754. The molecule has 2 heterocycles. The molecule has 0 radical (unpaired) electrons. The van der Waals surface area contributed by atoms with Crippen LogP contribution in [0.3, 0.4) is 0 Å². The highest BCUT2D eigenvalue weighted by Crippen LogP contribution is 2.32. The Kier molecular flexibility index (Phi) is 5.71. The second-order valence-electron chi connectivity index (χ2n) is 8.19. The molecule has 1 atom stereocenters. The van der Waals surface area contributed by atoms with Crippen molar-refractivity contribution in [3.63, 3.8) is 0 Å². The van der Waals surface area contributed by atoms with Gasteiger partial charge in [-0.1, -0.05) is 36.6 Å². The zero-order valence-electron chi connectivity index (χ0n) is 17.1. The summed E-state index contributed by atoms with van der Waals surface area (Å²) < 4.78 is 13.3. The summed E-state index contributed by atoms with van der Waals surface area (Å²) in [5, 5.41) is 11.2. The van der Waals surface area contributed by atoms with Crippen LogP contribution in [0.25, 0.3) is 0 Å². The fourth-order valence-electron chi connectivity index (χ4n) is 4.18. The number of carbonyl (C=O) groups excluding carboxylic acids is 1. The number of benzene rings is 1. The predicted molar refractivity (Wildman–Crippen MR) is 108 cm³/mol. The van der Waals surface area contributed by atoms with Crippen LogP contribution in [0.1, 0.15) is 42.6 Å². The summed E-state index contributed by atoms with van der Waals surface area (Å²) in [7, 11) is 4.19. The zero-order valence-corrected chi connectivity index (χ0v) is 17.1. The Morgan fingerprint density at radius 2 is 2.00 bits per heavy atom. The third kappa shape index (κ3) is 4.37. The predicted octanol–water partition coefficient (Wildman–Crippen LogP) is 2.11. The average molecular weight is 399 g/mol. The van der Waals surface area contributed by atoms with E-state index in [-0.39, 0.29) is 17.6 Å². The molecular weight excluding hydrogens is 370 g/mol. The van der Waals surface area contributed by atoms with Crippen LogP contribution in [0.5, 0.6) is 11.5 Å². The second-order valence-corrected chi connectivity index (χ2v) is 8.19. The number of nitrogens with one attached hydrogen (secondary N) is 1. The van der Waals surface area contributed by atoms with Crippen LogP contribution in [-0.4, -0.2) is 64.7 Å². The molecule has 2 aromatic rings. The van der Waals surface area contributed by atoms with Gasteiger partial charge in [0, 0.05) is 12.1 Å². The molecule has 1 saturated carbocycles. The van der Waals surface area contributed by atoms with E-state index >= 15 is 0 Å². The fourth-order valence-corrected chi connectivity index (χ4v) is 4.18. The van der Waals surface area contributed by atoms with Gasteiger partial charge in [0.1, 0.15) is 6.61 Å². The fraction of sp³-hybridized carbons (Fsp3) is 0.571. The Balaban J connectivity index is 1.33. The van der Waals surface area contributed by atoms with Gasteiger partial charge in [-0.2, -0.15) is 0 Å². The summed E-state index contributed by atoms with van der Waals surface area (Å²) in [6, 6.07) is 7.59. The lowest BCUT2D eigenvalue weighted by Gasteiger charge is -2.43. The van der Waals surface area contributed by atoms with E-state index in [9.17, 15) is 4.79 Å². The van der Waals surface area contributed by atoms with Crippen molar-refractivity contribution < 1.29 is 14.3 Å². The molecule has 29 heavy (non-hydrogen) atoms. The van der Waals surface area contributed by atoms with Crippen molar-refractivity contribution in [3.05, 3.63) is 36.2 Å². The lowest BCUT2D eigenvalue weighted by Crippen LogP contribution is -2.53. The minimum atomic E-state index is -0.186. The first-order chi connectivity index (χ1) is 14.1. The molecule has 0 unspecified atom stereocenters. The number of carbonyl (C=O) groups is 1. The average Bonchev–Trinajstić information content (AvgIpc) is 3.21. The molecule has 8 heteroatoms. The molecule has 1 amide bonds. The number of likely N-dealkylation sites (N-methyl/N-ethyl adjacent to an activating group) is 1. The molecule has 1 aliphatic heterocycles. The first-order valence-electron chi connectivity index (χ1n) is 10.3. The number of hydrogen-bond acceptors (Lipinski definition) is 6. The highest BCUT2D eigenvalue weighted by Gasteiger charge is 2.34. The highest BCUT2D eigenvalue weighted by atomic mass is 16.6. The van der Waals surface area contributed by atoms with Crippen LogP contribution in [0.2, 0.25) is 0 Å². The van der Waals surface area contributed by atoms with E-state index in [4.69, 9.17) is 9.47 Å². The summed E-state index contributed by atoms with van der Waals surface area (Å²) in [4.78, 5) is 14.9. The van der Waals surface area contributed by atoms with Gasteiger partial charge in [0.25, 0.3) is 5.91 Å². The van der Waals surface area contributed by atoms with Crippen molar-refractivity contribution >= 4 is 5.91 Å². The molecule has 156 valence electrons. The number of aromatic nitrogens is 3. The monoisotopic (exact) mass is 399 g/mol. The molecule has 0 saturated heterocycles. The van der Waals surface area contributed by atoms with Gasteiger partial charge >= 0.3 is 0 Å². The molecular formula is C21H29N5O3. The zero-order chi connectivity index (χ0) is 20.3. The van der Waals surface area contributed by atoms with E-state index in [1.54, 1.807) is 10.9 Å². The molecule has 1 aliphatic carbocycles. The summed E-state index contributed by atoms with van der Waals surface area (Å²) in [5.41, 5.74) is 0.358. The largest absolute Gasteiger partial charge is 0.486 e. The van der Waals surface area contributed by atoms with Crippen molar-refractivity contribution in [1.82, 2.24) is 25.2 Å². The Morgan fingerprint density at radius 3 is 2.76 bits per heavy atom. The van der Waals surface area contributed by atoms with Crippen molar-refractivity contribution in [3.8, 4) is 11.5 Å². The van der Waals surface area contributed by atoms with Gasteiger partial charge in [0.2, 0.25) is 0 Å². The molecule has 4 rings (SSSR count). The topological polar surface area (TPSA) is 81.5 Å². The van der Waals surface area contributed by atoms with E-state index in [0.717, 1.165) is 24.3 Å². The van der Waals surface area contributed by atoms with Crippen LogP contribution in [0, 0.1) is 0 Å². The maximum Gasteiger partial charge on any atom is 0.273 e. The molecule has 8 nitrogen and oxygen atoms in total. The number of ether oxygens (including phenoxy) is 2. The first-order valence-corrected chi connectivity index (χ1v) is 10.3. The second kappa shape index (κ2) is 8.41. The maximum atomic E-state index is 12.6. The summed E-state index contributed by atoms with van der Waals surface area (Å²) in [6.45, 7) is 1.53. The summed E-state index contributed by atoms with van der Waals surface area (Å²) in [5.74, 6) is 1.29. The van der Waals surface area contributed by atoms with Crippen molar-refractivity contribution in [2.75, 3.05) is 27.2 Å². The number of hydrogen-bond donors (Lipinski definition) is 1. The van der Waals surface area contributed by atoms with Crippen LogP contribution in [0.15, 0.2) is 30.5 Å². The Morgan fingerprint density at radius 1 is 1.24 bits per heavy atom. The Bertz CT molecular complexity index is 844. The van der Waals surface area contributed by atoms with Gasteiger partial charge in [-0.05, 0) is 39.1 Å². The van der Waals surface area contributed by atoms with E-state index in [2.05, 4.69) is 34.6 Å². The molecule has 0 spiro atoms. The molecule has 1 N–H and O–H groups in total. The van der Waals surface area contributed by atoms with Crippen molar-refractivity contribution in [1.29, 1.82) is 0 Å². The van der Waals surface area contributed by atoms with Crippen LogP contribution >= 0.6 is 0 Å². The van der Waals surface area contributed by atoms with Gasteiger partial charge in [0.15, 0.2) is 23.3 Å². The smallest absolute Gasteiger partial charge is 0.273 e.